The van der Waals surface area contributed by atoms with Gasteiger partial charge in [0.15, 0.2) is 0 Å². The van der Waals surface area contributed by atoms with E-state index in [1.54, 1.807) is 0 Å². The Hall–Kier alpha value is -1.88. The SMILES string of the molecule is CCOCc1ccccc1CNC(=O)C1CCC(C(=O)O)CC1. The zero-order chi connectivity index (χ0) is 16.7. The number of carboxylic acid groups (broad SMARTS) is 1. The number of amides is 1. The second kappa shape index (κ2) is 8.67. The Balaban J connectivity index is 1.84. The molecule has 2 rings (SSSR count). The minimum absolute atomic E-state index is 0.0278. The van der Waals surface area contributed by atoms with E-state index in [4.69, 9.17) is 9.84 Å². The predicted octanol–water partition coefficient (Wildman–Crippen LogP) is 2.73. The van der Waals surface area contributed by atoms with E-state index >= 15 is 0 Å². The second-order valence-electron chi connectivity index (χ2n) is 6.01. The lowest BCUT2D eigenvalue weighted by atomic mass is 9.81. The summed E-state index contributed by atoms with van der Waals surface area (Å²) in [6, 6.07) is 7.92. The van der Waals surface area contributed by atoms with Crippen molar-refractivity contribution >= 4 is 11.9 Å². The van der Waals surface area contributed by atoms with Gasteiger partial charge in [-0.2, -0.15) is 0 Å². The molecule has 0 saturated heterocycles. The van der Waals surface area contributed by atoms with Crippen LogP contribution in [0.4, 0.5) is 0 Å². The van der Waals surface area contributed by atoms with Crippen LogP contribution in [0.25, 0.3) is 0 Å². The van der Waals surface area contributed by atoms with Crippen molar-refractivity contribution in [3.8, 4) is 0 Å². The third-order valence-electron chi connectivity index (χ3n) is 4.48. The van der Waals surface area contributed by atoms with Crippen LogP contribution in [-0.2, 0) is 27.5 Å². The van der Waals surface area contributed by atoms with Gasteiger partial charge in [-0.1, -0.05) is 24.3 Å². The van der Waals surface area contributed by atoms with E-state index in [1.807, 2.05) is 31.2 Å². The summed E-state index contributed by atoms with van der Waals surface area (Å²) in [7, 11) is 0. The summed E-state index contributed by atoms with van der Waals surface area (Å²) in [4.78, 5) is 23.2. The number of aliphatic carboxylic acids is 1. The number of hydrogen-bond acceptors (Lipinski definition) is 3. The molecule has 1 aromatic carbocycles. The molecule has 0 atom stereocenters. The Labute approximate surface area is 137 Å². The average molecular weight is 319 g/mol. The molecule has 5 heteroatoms. The highest BCUT2D eigenvalue weighted by molar-refractivity contribution is 5.79. The van der Waals surface area contributed by atoms with E-state index in [1.165, 1.54) is 0 Å². The third-order valence-corrected chi connectivity index (χ3v) is 4.48. The van der Waals surface area contributed by atoms with Crippen LogP contribution in [-0.4, -0.2) is 23.6 Å². The number of rotatable bonds is 7. The molecule has 1 aromatic rings. The van der Waals surface area contributed by atoms with E-state index in [0.717, 1.165) is 11.1 Å². The Kier molecular flexibility index (Phi) is 6.59. The standard InChI is InChI=1S/C18H25NO4/c1-2-23-12-16-6-4-3-5-15(16)11-19-17(20)13-7-9-14(10-8-13)18(21)22/h3-6,13-14H,2,7-12H2,1H3,(H,19,20)(H,21,22). The van der Waals surface area contributed by atoms with Crippen LogP contribution in [0, 0.1) is 11.8 Å². The van der Waals surface area contributed by atoms with E-state index in [9.17, 15) is 9.59 Å². The van der Waals surface area contributed by atoms with Crippen molar-refractivity contribution in [2.45, 2.75) is 45.8 Å². The molecule has 1 fully saturated rings. The maximum atomic E-state index is 12.3. The first kappa shape index (κ1) is 17.5. The van der Waals surface area contributed by atoms with Crippen molar-refractivity contribution in [3.05, 3.63) is 35.4 Å². The number of benzene rings is 1. The van der Waals surface area contributed by atoms with Gasteiger partial charge in [0.2, 0.25) is 5.91 Å². The largest absolute Gasteiger partial charge is 0.481 e. The monoisotopic (exact) mass is 319 g/mol. The molecule has 1 amide bonds. The Bertz CT molecular complexity index is 536. The third kappa shape index (κ3) is 5.06. The van der Waals surface area contributed by atoms with Gasteiger partial charge in [0.1, 0.15) is 0 Å². The van der Waals surface area contributed by atoms with Gasteiger partial charge in [0.25, 0.3) is 0 Å². The molecular formula is C18H25NO4. The van der Waals surface area contributed by atoms with Gasteiger partial charge in [-0.05, 0) is 43.7 Å². The number of carboxylic acids is 1. The summed E-state index contributed by atoms with van der Waals surface area (Å²) in [5, 5.41) is 12.0. The fourth-order valence-corrected chi connectivity index (χ4v) is 3.01. The zero-order valence-corrected chi connectivity index (χ0v) is 13.6. The molecule has 1 saturated carbocycles. The van der Waals surface area contributed by atoms with Crippen LogP contribution >= 0.6 is 0 Å². The van der Waals surface area contributed by atoms with E-state index in [2.05, 4.69) is 5.32 Å². The molecule has 23 heavy (non-hydrogen) atoms. The molecule has 0 spiro atoms. The summed E-state index contributed by atoms with van der Waals surface area (Å²) < 4.78 is 5.45. The molecule has 0 radical (unpaired) electrons. The van der Waals surface area contributed by atoms with Crippen LogP contribution in [0.3, 0.4) is 0 Å². The average Bonchev–Trinajstić information content (AvgIpc) is 2.58. The maximum absolute atomic E-state index is 12.3. The fourth-order valence-electron chi connectivity index (χ4n) is 3.01. The minimum atomic E-state index is -0.742. The van der Waals surface area contributed by atoms with Gasteiger partial charge in [0.05, 0.1) is 12.5 Å². The van der Waals surface area contributed by atoms with Gasteiger partial charge in [-0.25, -0.2) is 0 Å². The van der Waals surface area contributed by atoms with Gasteiger partial charge in [-0.3, -0.25) is 9.59 Å². The lowest BCUT2D eigenvalue weighted by Gasteiger charge is -2.25. The number of carbonyl (C=O) groups excluding carboxylic acids is 1. The molecule has 126 valence electrons. The van der Waals surface area contributed by atoms with Crippen molar-refractivity contribution in [3.63, 3.8) is 0 Å². The number of ether oxygens (including phenoxy) is 1. The van der Waals surface area contributed by atoms with Crippen LogP contribution in [0.5, 0.6) is 0 Å². The maximum Gasteiger partial charge on any atom is 0.306 e. The van der Waals surface area contributed by atoms with Crippen LogP contribution in [0.15, 0.2) is 24.3 Å². The molecule has 1 aliphatic rings. The number of hydrogen-bond donors (Lipinski definition) is 2. The summed E-state index contributed by atoms with van der Waals surface area (Å²) in [5.41, 5.74) is 2.15. The summed E-state index contributed by atoms with van der Waals surface area (Å²) in [6.45, 7) is 3.65. The van der Waals surface area contributed by atoms with Gasteiger partial charge >= 0.3 is 5.97 Å². The first-order chi connectivity index (χ1) is 11.1. The summed E-state index contributed by atoms with van der Waals surface area (Å²) in [6.07, 6.45) is 2.50. The van der Waals surface area contributed by atoms with Crippen molar-refractivity contribution < 1.29 is 19.4 Å². The van der Waals surface area contributed by atoms with Crippen LogP contribution in [0.1, 0.15) is 43.7 Å². The minimum Gasteiger partial charge on any atom is -0.481 e. The Morgan fingerprint density at radius 3 is 2.35 bits per heavy atom. The van der Waals surface area contributed by atoms with Crippen LogP contribution in [0.2, 0.25) is 0 Å². The molecule has 0 unspecified atom stereocenters. The highest BCUT2D eigenvalue weighted by atomic mass is 16.5. The lowest BCUT2D eigenvalue weighted by Crippen LogP contribution is -2.34. The molecule has 1 aliphatic carbocycles. The first-order valence-electron chi connectivity index (χ1n) is 8.26. The Morgan fingerprint density at radius 2 is 1.74 bits per heavy atom. The topological polar surface area (TPSA) is 75.6 Å². The van der Waals surface area contributed by atoms with Crippen molar-refractivity contribution in [2.24, 2.45) is 11.8 Å². The molecule has 0 heterocycles. The molecule has 0 bridgehead atoms. The quantitative estimate of drug-likeness (QED) is 0.810. The van der Waals surface area contributed by atoms with E-state index in [-0.39, 0.29) is 17.7 Å². The van der Waals surface area contributed by atoms with Gasteiger partial charge in [0, 0.05) is 19.1 Å². The summed E-state index contributed by atoms with van der Waals surface area (Å²) >= 11 is 0. The van der Waals surface area contributed by atoms with Crippen molar-refractivity contribution in [2.75, 3.05) is 6.61 Å². The van der Waals surface area contributed by atoms with Crippen molar-refractivity contribution in [1.29, 1.82) is 0 Å². The lowest BCUT2D eigenvalue weighted by molar-refractivity contribution is -0.144. The van der Waals surface area contributed by atoms with E-state index < -0.39 is 5.97 Å². The normalized spacial score (nSPS) is 20.9. The van der Waals surface area contributed by atoms with E-state index in [0.29, 0.717) is 45.4 Å². The fraction of sp³-hybridized carbons (Fsp3) is 0.556. The predicted molar refractivity (Wildman–Crippen MR) is 86.7 cm³/mol. The summed E-state index contributed by atoms with van der Waals surface area (Å²) in [5.74, 6) is -1.07. The van der Waals surface area contributed by atoms with Gasteiger partial charge < -0.3 is 15.2 Å². The van der Waals surface area contributed by atoms with Crippen LogP contribution < -0.4 is 5.32 Å². The highest BCUT2D eigenvalue weighted by Crippen LogP contribution is 2.29. The van der Waals surface area contributed by atoms with Gasteiger partial charge in [-0.15, -0.1) is 0 Å². The highest BCUT2D eigenvalue weighted by Gasteiger charge is 2.29. The molecule has 2 N–H and O–H groups in total. The molecule has 0 aromatic heterocycles. The number of carbonyl (C=O) groups is 2. The second-order valence-corrected chi connectivity index (χ2v) is 6.01. The number of nitrogens with one attached hydrogen (secondary N) is 1. The molecule has 5 nitrogen and oxygen atoms in total. The zero-order valence-electron chi connectivity index (χ0n) is 13.6. The first-order valence-corrected chi connectivity index (χ1v) is 8.26. The molecular weight excluding hydrogens is 294 g/mol. The van der Waals surface area contributed by atoms with Crippen molar-refractivity contribution in [1.82, 2.24) is 5.32 Å². The Morgan fingerprint density at radius 1 is 1.13 bits per heavy atom. The molecule has 0 aliphatic heterocycles. The smallest absolute Gasteiger partial charge is 0.306 e.